The van der Waals surface area contributed by atoms with Gasteiger partial charge in [0.05, 0.1) is 6.54 Å². The van der Waals surface area contributed by atoms with E-state index < -0.39 is 0 Å². The molecule has 3 N–H and O–H groups in total. The molecular weight excluding hydrogens is 286 g/mol. The van der Waals surface area contributed by atoms with E-state index in [1.165, 1.54) is 11.3 Å². The summed E-state index contributed by atoms with van der Waals surface area (Å²) >= 11 is 0. The van der Waals surface area contributed by atoms with Crippen molar-refractivity contribution in [3.05, 3.63) is 59.4 Å². The van der Waals surface area contributed by atoms with Gasteiger partial charge in [-0.25, -0.2) is 4.99 Å². The maximum Gasteiger partial charge on any atom is 0.188 e. The maximum absolute atomic E-state index is 5.95. The van der Waals surface area contributed by atoms with E-state index in [4.69, 9.17) is 5.73 Å². The van der Waals surface area contributed by atoms with E-state index >= 15 is 0 Å². The van der Waals surface area contributed by atoms with E-state index in [0.29, 0.717) is 12.5 Å². The average molecular weight is 311 g/mol. The molecule has 0 bridgehead atoms. The van der Waals surface area contributed by atoms with Crippen molar-refractivity contribution in [2.45, 2.75) is 19.9 Å². The van der Waals surface area contributed by atoms with Gasteiger partial charge < -0.3 is 16.0 Å². The van der Waals surface area contributed by atoms with E-state index in [1.807, 2.05) is 32.3 Å². The van der Waals surface area contributed by atoms with Gasteiger partial charge in [0.15, 0.2) is 5.96 Å². The minimum Gasteiger partial charge on any atom is -0.377 e. The summed E-state index contributed by atoms with van der Waals surface area (Å²) in [6, 6.07) is 12.3. The fourth-order valence-corrected chi connectivity index (χ4v) is 2.31. The number of pyridine rings is 1. The van der Waals surface area contributed by atoms with Gasteiger partial charge in [-0.05, 0) is 36.2 Å². The number of aliphatic imine (C=N–C) groups is 1. The molecule has 0 radical (unpaired) electrons. The van der Waals surface area contributed by atoms with Crippen molar-refractivity contribution < 1.29 is 0 Å². The Morgan fingerprint density at radius 1 is 1.26 bits per heavy atom. The van der Waals surface area contributed by atoms with Crippen LogP contribution >= 0.6 is 0 Å². The van der Waals surface area contributed by atoms with Gasteiger partial charge in [-0.3, -0.25) is 4.98 Å². The lowest BCUT2D eigenvalue weighted by atomic mass is 10.1. The number of guanidine groups is 1. The zero-order valence-electron chi connectivity index (χ0n) is 14.1. The van der Waals surface area contributed by atoms with Crippen molar-refractivity contribution in [2.75, 3.05) is 25.5 Å². The van der Waals surface area contributed by atoms with Gasteiger partial charge in [0.1, 0.15) is 0 Å². The monoisotopic (exact) mass is 311 g/mol. The summed E-state index contributed by atoms with van der Waals surface area (Å²) in [7, 11) is 4.08. The Kier molecular flexibility index (Phi) is 5.97. The molecule has 0 aliphatic heterocycles. The summed E-state index contributed by atoms with van der Waals surface area (Å²) in [5.74, 6) is 0.464. The summed E-state index contributed by atoms with van der Waals surface area (Å²) in [6.07, 6.45) is 2.62. The van der Waals surface area contributed by atoms with Crippen LogP contribution in [0.25, 0.3) is 0 Å². The Balaban J connectivity index is 1.89. The van der Waals surface area contributed by atoms with E-state index in [-0.39, 0.29) is 0 Å². The molecule has 0 aliphatic rings. The molecule has 0 amide bonds. The third-order valence-electron chi connectivity index (χ3n) is 3.56. The van der Waals surface area contributed by atoms with Crippen LogP contribution < -0.4 is 16.0 Å². The standard InChI is InChI=1S/C18H25N5/c1-14-7-8-15(17(12-14)23(2)3)13-22-18(19)21-11-9-16-6-4-5-10-20-16/h4-8,10,12H,9,11,13H2,1-3H3,(H3,19,21,22). The van der Waals surface area contributed by atoms with Crippen LogP contribution in [0.3, 0.4) is 0 Å². The van der Waals surface area contributed by atoms with Crippen molar-refractivity contribution in [1.29, 1.82) is 0 Å². The number of aromatic nitrogens is 1. The molecule has 23 heavy (non-hydrogen) atoms. The average Bonchev–Trinajstić information content (AvgIpc) is 2.54. The predicted molar refractivity (Wildman–Crippen MR) is 96.8 cm³/mol. The zero-order chi connectivity index (χ0) is 16.7. The van der Waals surface area contributed by atoms with Crippen LogP contribution in [0.2, 0.25) is 0 Å². The fourth-order valence-electron chi connectivity index (χ4n) is 2.31. The molecule has 0 saturated heterocycles. The van der Waals surface area contributed by atoms with E-state index in [0.717, 1.165) is 24.2 Å². The zero-order valence-corrected chi connectivity index (χ0v) is 14.1. The molecule has 0 saturated carbocycles. The topological polar surface area (TPSA) is 66.5 Å². The number of nitrogens with one attached hydrogen (secondary N) is 1. The molecule has 0 atom stereocenters. The first-order valence-corrected chi connectivity index (χ1v) is 7.77. The first kappa shape index (κ1) is 16.8. The van der Waals surface area contributed by atoms with Crippen LogP contribution in [0.15, 0.2) is 47.6 Å². The lowest BCUT2D eigenvalue weighted by Crippen LogP contribution is -2.33. The number of benzene rings is 1. The molecular formula is C18H25N5. The quantitative estimate of drug-likeness (QED) is 0.633. The number of rotatable bonds is 6. The maximum atomic E-state index is 5.95. The van der Waals surface area contributed by atoms with Gasteiger partial charge in [0.25, 0.3) is 0 Å². The SMILES string of the molecule is Cc1ccc(CN=C(N)NCCc2ccccn2)c(N(C)C)c1. The number of aryl methyl sites for hydroxylation is 1. The Bertz CT molecular complexity index is 650. The molecule has 2 rings (SSSR count). The summed E-state index contributed by atoms with van der Waals surface area (Å²) < 4.78 is 0. The summed E-state index contributed by atoms with van der Waals surface area (Å²) in [5.41, 5.74) is 10.6. The molecule has 122 valence electrons. The molecule has 1 aromatic carbocycles. The first-order chi connectivity index (χ1) is 11.1. The van der Waals surface area contributed by atoms with Gasteiger partial charge >= 0.3 is 0 Å². The van der Waals surface area contributed by atoms with E-state index in [9.17, 15) is 0 Å². The number of hydrogen-bond acceptors (Lipinski definition) is 3. The molecule has 0 fully saturated rings. The molecule has 1 heterocycles. The Morgan fingerprint density at radius 2 is 2.09 bits per heavy atom. The molecule has 2 aromatic rings. The van der Waals surface area contributed by atoms with Gasteiger partial charge in [-0.1, -0.05) is 18.2 Å². The Morgan fingerprint density at radius 3 is 2.78 bits per heavy atom. The Labute approximate surface area is 138 Å². The minimum atomic E-state index is 0.464. The van der Waals surface area contributed by atoms with Crippen LogP contribution in [0.1, 0.15) is 16.8 Å². The fraction of sp³-hybridized carbons (Fsp3) is 0.333. The van der Waals surface area contributed by atoms with Gasteiger partial charge in [0, 0.05) is 44.6 Å². The summed E-state index contributed by atoms with van der Waals surface area (Å²) in [6.45, 7) is 3.38. The van der Waals surface area contributed by atoms with Gasteiger partial charge in [0.2, 0.25) is 0 Å². The molecule has 1 aromatic heterocycles. The van der Waals surface area contributed by atoms with Crippen molar-refractivity contribution >= 4 is 11.6 Å². The van der Waals surface area contributed by atoms with Crippen molar-refractivity contribution in [2.24, 2.45) is 10.7 Å². The normalized spacial score (nSPS) is 11.3. The smallest absolute Gasteiger partial charge is 0.188 e. The molecule has 5 nitrogen and oxygen atoms in total. The van der Waals surface area contributed by atoms with Crippen LogP contribution in [0.4, 0.5) is 5.69 Å². The highest BCUT2D eigenvalue weighted by Gasteiger charge is 2.04. The number of hydrogen-bond donors (Lipinski definition) is 2. The molecule has 0 aliphatic carbocycles. The molecule has 0 spiro atoms. The van der Waals surface area contributed by atoms with Crippen LogP contribution in [0, 0.1) is 6.92 Å². The first-order valence-electron chi connectivity index (χ1n) is 7.77. The predicted octanol–water partition coefficient (Wildman–Crippen LogP) is 2.10. The second-order valence-electron chi connectivity index (χ2n) is 5.73. The van der Waals surface area contributed by atoms with Crippen LogP contribution in [-0.2, 0) is 13.0 Å². The second kappa shape index (κ2) is 8.17. The van der Waals surface area contributed by atoms with E-state index in [1.54, 1.807) is 6.20 Å². The number of nitrogens with two attached hydrogens (primary N) is 1. The van der Waals surface area contributed by atoms with Crippen molar-refractivity contribution in [3.63, 3.8) is 0 Å². The highest BCUT2D eigenvalue weighted by Crippen LogP contribution is 2.20. The summed E-state index contributed by atoms with van der Waals surface area (Å²) in [5, 5.41) is 3.14. The third-order valence-corrected chi connectivity index (χ3v) is 3.56. The summed E-state index contributed by atoms with van der Waals surface area (Å²) in [4.78, 5) is 10.8. The van der Waals surface area contributed by atoms with Crippen LogP contribution in [0.5, 0.6) is 0 Å². The highest BCUT2D eigenvalue weighted by molar-refractivity contribution is 5.77. The third kappa shape index (κ3) is 5.29. The highest BCUT2D eigenvalue weighted by atomic mass is 15.1. The largest absolute Gasteiger partial charge is 0.377 e. The lowest BCUT2D eigenvalue weighted by Gasteiger charge is -2.17. The Hall–Kier alpha value is -2.56. The second-order valence-corrected chi connectivity index (χ2v) is 5.73. The van der Waals surface area contributed by atoms with Crippen molar-refractivity contribution in [3.8, 4) is 0 Å². The van der Waals surface area contributed by atoms with Crippen molar-refractivity contribution in [1.82, 2.24) is 10.3 Å². The number of anilines is 1. The van der Waals surface area contributed by atoms with Gasteiger partial charge in [-0.15, -0.1) is 0 Å². The van der Waals surface area contributed by atoms with Gasteiger partial charge in [-0.2, -0.15) is 0 Å². The lowest BCUT2D eigenvalue weighted by molar-refractivity contribution is 0.827. The van der Waals surface area contributed by atoms with E-state index in [2.05, 4.69) is 45.3 Å². The minimum absolute atomic E-state index is 0.464. The van der Waals surface area contributed by atoms with Crippen LogP contribution in [-0.4, -0.2) is 31.6 Å². The molecule has 0 unspecified atom stereocenters. The number of nitrogens with zero attached hydrogens (tertiary/aromatic N) is 3. The molecule has 5 heteroatoms.